The highest BCUT2D eigenvalue weighted by Crippen LogP contribution is 2.60. The molecule has 3 aliphatic rings. The first-order chi connectivity index (χ1) is 17.1. The van der Waals surface area contributed by atoms with Crippen LogP contribution in [-0.2, 0) is 16.1 Å². The van der Waals surface area contributed by atoms with Gasteiger partial charge in [-0.1, -0.05) is 62.2 Å². The summed E-state index contributed by atoms with van der Waals surface area (Å²) in [6, 6.07) is 10.8. The third-order valence-corrected chi connectivity index (χ3v) is 10.5. The zero-order chi connectivity index (χ0) is 25.9. The number of nitro benzene ring substituents is 2. The lowest BCUT2D eigenvalue weighted by atomic mass is 9.81. The van der Waals surface area contributed by atoms with Crippen molar-refractivity contribution in [1.82, 2.24) is 10.0 Å². The number of halogens is 2. The number of alkyl halides is 2. The number of rotatable bonds is 6. The van der Waals surface area contributed by atoms with Crippen LogP contribution < -0.4 is 0 Å². The van der Waals surface area contributed by atoms with Crippen molar-refractivity contribution in [2.24, 2.45) is 23.7 Å². The van der Waals surface area contributed by atoms with Crippen LogP contribution in [0.2, 0.25) is 0 Å². The minimum Gasteiger partial charge on any atom is -0.272 e. The monoisotopic (exact) mass is 620 g/mol. The number of imide groups is 1. The smallest absolute Gasteiger partial charge is 0.272 e. The Morgan fingerprint density at radius 2 is 1.39 bits per heavy atom. The molecule has 2 aromatic rings. The second kappa shape index (κ2) is 9.04. The van der Waals surface area contributed by atoms with Crippen LogP contribution in [0.3, 0.4) is 0 Å². The van der Waals surface area contributed by atoms with Crippen molar-refractivity contribution in [3.8, 4) is 0 Å². The van der Waals surface area contributed by atoms with Gasteiger partial charge in [-0.05, 0) is 24.3 Å². The third-order valence-electron chi connectivity index (χ3n) is 7.28. The van der Waals surface area contributed by atoms with Crippen LogP contribution in [0.25, 0.3) is 0 Å². The van der Waals surface area contributed by atoms with E-state index in [1.54, 1.807) is 0 Å². The summed E-state index contributed by atoms with van der Waals surface area (Å²) in [6.07, 6.45) is 0.675. The molecule has 0 N–H and O–H groups in total. The molecule has 3 amide bonds. The van der Waals surface area contributed by atoms with Gasteiger partial charge in [-0.15, -0.1) is 0 Å². The number of nitrogens with zero attached hydrogens (tertiary/aromatic N) is 4. The Labute approximate surface area is 221 Å². The SMILES string of the molecule is O=C(c1ccccc1[N+](=O)[O-])N(Cc1ccccc1[N+](=O)[O-])N1C(=O)[C@@H]2[C@H]3C[C@@H]([C@H](Br)[C@@H]3Br)[C@@H]2C1=O. The fraction of sp³-hybridized carbons (Fsp3) is 0.348. The molecule has 2 saturated carbocycles. The largest absolute Gasteiger partial charge is 0.282 e. The first kappa shape index (κ1) is 24.5. The molecule has 0 unspecified atom stereocenters. The molecule has 2 aromatic carbocycles. The van der Waals surface area contributed by atoms with Crippen LogP contribution in [0.5, 0.6) is 0 Å². The molecule has 186 valence electrons. The van der Waals surface area contributed by atoms with E-state index in [0.717, 1.165) is 16.1 Å². The van der Waals surface area contributed by atoms with E-state index in [-0.39, 0.29) is 38.3 Å². The molecule has 2 aliphatic carbocycles. The fourth-order valence-electron chi connectivity index (χ4n) is 5.74. The molecule has 1 saturated heterocycles. The van der Waals surface area contributed by atoms with Crippen LogP contribution in [-0.4, -0.2) is 47.2 Å². The van der Waals surface area contributed by atoms with Crippen molar-refractivity contribution in [2.45, 2.75) is 22.6 Å². The maximum Gasteiger partial charge on any atom is 0.282 e. The number of fused-ring (bicyclic) bond motifs is 5. The summed E-state index contributed by atoms with van der Waals surface area (Å²) < 4.78 is 0. The molecule has 6 atom stereocenters. The van der Waals surface area contributed by atoms with Gasteiger partial charge in [-0.25, -0.2) is 5.01 Å². The zero-order valence-electron chi connectivity index (χ0n) is 18.4. The standard InChI is InChI=1S/C23H18Br2N4O7/c24-19-13-9-14(20(19)25)18-17(13)22(31)27(23(18)32)26(10-11-5-1-3-7-15(11)28(33)34)21(30)12-6-2-4-8-16(12)29(35)36/h1-8,13-14,17-20H,9-10H2/t13-,14-,17-,18+,19-,20+/m1/s1. The zero-order valence-corrected chi connectivity index (χ0v) is 21.6. The number of hydrogen-bond acceptors (Lipinski definition) is 7. The lowest BCUT2D eigenvalue weighted by molar-refractivity contribution is -0.385. The predicted octanol–water partition coefficient (Wildman–Crippen LogP) is 3.84. The fourth-order valence-corrected chi connectivity index (χ4v) is 7.61. The summed E-state index contributed by atoms with van der Waals surface area (Å²) in [5.41, 5.74) is -1.07. The number of amides is 3. The van der Waals surface area contributed by atoms with E-state index in [1.165, 1.54) is 42.5 Å². The maximum atomic E-state index is 13.7. The van der Waals surface area contributed by atoms with E-state index in [4.69, 9.17) is 0 Å². The van der Waals surface area contributed by atoms with E-state index in [1.807, 2.05) is 0 Å². The van der Waals surface area contributed by atoms with Gasteiger partial charge in [0, 0.05) is 21.8 Å². The molecule has 1 aliphatic heterocycles. The molecule has 13 heteroatoms. The molecule has 11 nitrogen and oxygen atoms in total. The Kier molecular flexibility index (Phi) is 6.15. The van der Waals surface area contributed by atoms with Gasteiger partial charge >= 0.3 is 0 Å². The second-order valence-electron chi connectivity index (χ2n) is 9.01. The topological polar surface area (TPSA) is 144 Å². The van der Waals surface area contributed by atoms with E-state index in [0.29, 0.717) is 6.42 Å². The highest BCUT2D eigenvalue weighted by Gasteiger charge is 2.67. The number of hydrogen-bond donors (Lipinski definition) is 0. The van der Waals surface area contributed by atoms with Crippen molar-refractivity contribution >= 4 is 61.0 Å². The average molecular weight is 622 g/mol. The first-order valence-electron chi connectivity index (χ1n) is 11.1. The van der Waals surface area contributed by atoms with Gasteiger partial charge < -0.3 is 0 Å². The molecule has 0 radical (unpaired) electrons. The third kappa shape index (κ3) is 3.63. The van der Waals surface area contributed by atoms with E-state index < -0.39 is 51.6 Å². The van der Waals surface area contributed by atoms with Crippen molar-refractivity contribution < 1.29 is 24.2 Å². The summed E-state index contributed by atoms with van der Waals surface area (Å²) in [7, 11) is 0. The normalized spacial score (nSPS) is 28.3. The summed E-state index contributed by atoms with van der Waals surface area (Å²) in [5.74, 6) is -3.67. The minimum absolute atomic E-state index is 0.0324. The Morgan fingerprint density at radius 3 is 1.94 bits per heavy atom. The Balaban J connectivity index is 1.60. The highest BCUT2D eigenvalue weighted by atomic mass is 79.9. The number of nitro groups is 2. The van der Waals surface area contributed by atoms with Crippen LogP contribution >= 0.6 is 31.9 Å². The number of benzene rings is 2. The summed E-state index contributed by atoms with van der Waals surface area (Å²) in [5, 5.41) is 24.8. The van der Waals surface area contributed by atoms with Crippen LogP contribution in [0.15, 0.2) is 48.5 Å². The molecule has 3 fully saturated rings. The van der Waals surface area contributed by atoms with Crippen molar-refractivity contribution in [3.63, 3.8) is 0 Å². The van der Waals surface area contributed by atoms with Crippen LogP contribution in [0, 0.1) is 43.9 Å². The number of para-hydroxylation sites is 2. The second-order valence-corrected chi connectivity index (χ2v) is 11.1. The predicted molar refractivity (Wildman–Crippen MR) is 132 cm³/mol. The first-order valence-corrected chi connectivity index (χ1v) is 12.9. The van der Waals surface area contributed by atoms with E-state index >= 15 is 0 Å². The number of hydrazine groups is 1. The minimum atomic E-state index is -0.972. The van der Waals surface area contributed by atoms with Crippen LogP contribution in [0.4, 0.5) is 11.4 Å². The molecular formula is C23H18Br2N4O7. The summed E-state index contributed by atoms with van der Waals surface area (Å²) in [6.45, 7) is -0.496. The van der Waals surface area contributed by atoms with E-state index in [9.17, 15) is 34.6 Å². The number of carbonyl (C=O) groups excluding carboxylic acids is 3. The molecular weight excluding hydrogens is 604 g/mol. The van der Waals surface area contributed by atoms with Crippen molar-refractivity contribution in [2.75, 3.05) is 0 Å². The quantitative estimate of drug-likeness (QED) is 0.206. The summed E-state index contributed by atoms with van der Waals surface area (Å²) >= 11 is 7.23. The average Bonchev–Trinajstić information content (AvgIpc) is 3.47. The van der Waals surface area contributed by atoms with Gasteiger partial charge in [0.05, 0.1) is 33.8 Å². The molecule has 36 heavy (non-hydrogen) atoms. The van der Waals surface area contributed by atoms with Gasteiger partial charge in [0.15, 0.2) is 0 Å². The molecule has 1 heterocycles. The van der Waals surface area contributed by atoms with E-state index in [2.05, 4.69) is 31.9 Å². The van der Waals surface area contributed by atoms with Gasteiger partial charge in [-0.3, -0.25) is 34.6 Å². The van der Waals surface area contributed by atoms with Gasteiger partial charge in [0.2, 0.25) is 0 Å². The van der Waals surface area contributed by atoms with Gasteiger partial charge in [0.1, 0.15) is 5.56 Å². The van der Waals surface area contributed by atoms with Crippen LogP contribution in [0.1, 0.15) is 22.3 Å². The molecule has 2 bridgehead atoms. The van der Waals surface area contributed by atoms with Crippen molar-refractivity contribution in [1.29, 1.82) is 0 Å². The van der Waals surface area contributed by atoms with Gasteiger partial charge in [-0.2, -0.15) is 5.01 Å². The lowest BCUT2D eigenvalue weighted by Gasteiger charge is -2.31. The number of carbonyl (C=O) groups is 3. The Hall–Kier alpha value is -3.19. The van der Waals surface area contributed by atoms with Crippen molar-refractivity contribution in [3.05, 3.63) is 79.9 Å². The summed E-state index contributed by atoms with van der Waals surface area (Å²) in [4.78, 5) is 62.9. The Morgan fingerprint density at radius 1 is 0.889 bits per heavy atom. The highest BCUT2D eigenvalue weighted by molar-refractivity contribution is 9.12. The molecule has 5 rings (SSSR count). The van der Waals surface area contributed by atoms with Gasteiger partial charge in [0.25, 0.3) is 29.1 Å². The maximum absolute atomic E-state index is 13.7. The molecule has 0 spiro atoms. The Bertz CT molecular complexity index is 1290. The molecule has 0 aromatic heterocycles. The lowest BCUT2D eigenvalue weighted by Crippen LogP contribution is -2.50.